The predicted molar refractivity (Wildman–Crippen MR) is 51.7 cm³/mol. The second kappa shape index (κ2) is 5.69. The highest BCUT2D eigenvalue weighted by Gasteiger charge is 2.05. The predicted octanol–water partition coefficient (Wildman–Crippen LogP) is 1.35. The van der Waals surface area contributed by atoms with Gasteiger partial charge in [-0.1, -0.05) is 0 Å². The van der Waals surface area contributed by atoms with E-state index in [1.165, 1.54) is 12.1 Å². The number of ether oxygens (including phenoxy) is 1. The Balaban J connectivity index is 2.42. The number of carbonyl (C=O) groups is 1. The second-order valence-electron chi connectivity index (χ2n) is 2.77. The van der Waals surface area contributed by atoms with Crippen molar-refractivity contribution < 1.29 is 14.5 Å². The van der Waals surface area contributed by atoms with Gasteiger partial charge in [-0.05, 0) is 6.42 Å². The van der Waals surface area contributed by atoms with E-state index in [-0.39, 0.29) is 5.69 Å². The fraction of sp³-hybridized carbons (Fsp3) is 0.333. The maximum atomic E-state index is 10.3. The quantitative estimate of drug-likeness (QED) is 0.306. The molecule has 0 unspecified atom stereocenters. The molecule has 0 saturated heterocycles. The minimum atomic E-state index is -0.525. The fourth-order valence-corrected chi connectivity index (χ4v) is 0.909. The van der Waals surface area contributed by atoms with Gasteiger partial charge in [-0.15, -0.1) is 0 Å². The number of pyridine rings is 1. The minimum Gasteiger partial charge on any atom is -0.478 e. The molecule has 1 heterocycles. The molecule has 1 rings (SSSR count). The van der Waals surface area contributed by atoms with Gasteiger partial charge in [-0.3, -0.25) is 10.1 Å². The molecule has 80 valence electrons. The van der Waals surface area contributed by atoms with Crippen molar-refractivity contribution in [2.24, 2.45) is 0 Å². The van der Waals surface area contributed by atoms with Gasteiger partial charge >= 0.3 is 0 Å². The van der Waals surface area contributed by atoms with Gasteiger partial charge in [0.05, 0.1) is 11.5 Å². The van der Waals surface area contributed by atoms with E-state index in [1.54, 1.807) is 0 Å². The van der Waals surface area contributed by atoms with Crippen molar-refractivity contribution in [3.8, 4) is 5.88 Å². The van der Waals surface area contributed by atoms with Gasteiger partial charge in [0, 0.05) is 18.6 Å². The summed E-state index contributed by atoms with van der Waals surface area (Å²) in [6.45, 7) is 0.379. The van der Waals surface area contributed by atoms with Crippen LogP contribution in [0.25, 0.3) is 0 Å². The van der Waals surface area contributed by atoms with E-state index in [4.69, 9.17) is 4.74 Å². The van der Waals surface area contributed by atoms with E-state index in [2.05, 4.69) is 4.98 Å². The van der Waals surface area contributed by atoms with Crippen LogP contribution in [0.15, 0.2) is 18.3 Å². The van der Waals surface area contributed by atoms with Crippen LogP contribution in [0.3, 0.4) is 0 Å². The molecule has 6 heteroatoms. The van der Waals surface area contributed by atoms with Crippen LogP contribution in [-0.2, 0) is 4.79 Å². The normalized spacial score (nSPS) is 9.60. The maximum absolute atomic E-state index is 10.3. The summed E-state index contributed by atoms with van der Waals surface area (Å²) in [7, 11) is 0. The molecule has 15 heavy (non-hydrogen) atoms. The SMILES string of the molecule is O=CCCCOc1ccc([N+](=O)[O-])cn1. The average molecular weight is 210 g/mol. The van der Waals surface area contributed by atoms with Gasteiger partial charge in [0.2, 0.25) is 5.88 Å². The van der Waals surface area contributed by atoms with Crippen LogP contribution in [0, 0.1) is 10.1 Å². The summed E-state index contributed by atoms with van der Waals surface area (Å²) < 4.78 is 5.15. The molecular weight excluding hydrogens is 200 g/mol. The second-order valence-corrected chi connectivity index (χ2v) is 2.77. The highest BCUT2D eigenvalue weighted by Crippen LogP contribution is 2.13. The van der Waals surface area contributed by atoms with Crippen LogP contribution >= 0.6 is 0 Å². The van der Waals surface area contributed by atoms with Crippen LogP contribution in [0.4, 0.5) is 5.69 Å². The molecule has 1 aromatic heterocycles. The van der Waals surface area contributed by atoms with E-state index in [0.717, 1.165) is 12.5 Å². The van der Waals surface area contributed by atoms with E-state index < -0.39 is 4.92 Å². The molecule has 0 aliphatic rings. The average Bonchev–Trinajstić information content (AvgIpc) is 2.25. The number of hydrogen-bond acceptors (Lipinski definition) is 5. The first-order chi connectivity index (χ1) is 7.24. The number of unbranched alkanes of at least 4 members (excludes halogenated alkanes) is 1. The fourth-order valence-electron chi connectivity index (χ4n) is 0.909. The molecule has 6 nitrogen and oxygen atoms in total. The van der Waals surface area contributed by atoms with Crippen LogP contribution < -0.4 is 4.74 Å². The van der Waals surface area contributed by atoms with Gasteiger partial charge in [0.25, 0.3) is 5.69 Å². The highest BCUT2D eigenvalue weighted by molar-refractivity contribution is 5.48. The lowest BCUT2D eigenvalue weighted by Gasteiger charge is -2.02. The van der Waals surface area contributed by atoms with Gasteiger partial charge < -0.3 is 9.53 Å². The van der Waals surface area contributed by atoms with Crippen molar-refractivity contribution in [2.45, 2.75) is 12.8 Å². The number of rotatable bonds is 6. The maximum Gasteiger partial charge on any atom is 0.287 e. The Morgan fingerprint density at radius 2 is 2.33 bits per heavy atom. The molecule has 1 aromatic rings. The number of hydrogen-bond donors (Lipinski definition) is 0. The van der Waals surface area contributed by atoms with Crippen molar-refractivity contribution in [1.82, 2.24) is 4.98 Å². The smallest absolute Gasteiger partial charge is 0.287 e. The minimum absolute atomic E-state index is 0.0739. The van der Waals surface area contributed by atoms with Crippen molar-refractivity contribution in [3.63, 3.8) is 0 Å². The zero-order valence-electron chi connectivity index (χ0n) is 7.96. The molecule has 0 radical (unpaired) electrons. The lowest BCUT2D eigenvalue weighted by Crippen LogP contribution is -1.99. The molecule has 0 amide bonds. The third-order valence-electron chi connectivity index (χ3n) is 1.65. The largest absolute Gasteiger partial charge is 0.478 e. The molecule has 0 aliphatic carbocycles. The van der Waals surface area contributed by atoms with Gasteiger partial charge in [-0.2, -0.15) is 0 Å². The van der Waals surface area contributed by atoms with Crippen molar-refractivity contribution in [1.29, 1.82) is 0 Å². The summed E-state index contributed by atoms with van der Waals surface area (Å²) in [5.74, 6) is 0.325. The Morgan fingerprint density at radius 1 is 1.53 bits per heavy atom. The summed E-state index contributed by atoms with van der Waals surface area (Å²) in [6.07, 6.45) is 3.00. The number of aromatic nitrogens is 1. The van der Waals surface area contributed by atoms with E-state index in [1.807, 2.05) is 0 Å². The monoisotopic (exact) mass is 210 g/mol. The molecule has 0 aromatic carbocycles. The first-order valence-corrected chi connectivity index (χ1v) is 4.41. The number of aldehydes is 1. The van der Waals surface area contributed by atoms with Crippen molar-refractivity contribution in [3.05, 3.63) is 28.4 Å². The first-order valence-electron chi connectivity index (χ1n) is 4.41. The van der Waals surface area contributed by atoms with Gasteiger partial charge in [-0.25, -0.2) is 4.98 Å². The third-order valence-corrected chi connectivity index (χ3v) is 1.65. The van der Waals surface area contributed by atoms with Crippen LogP contribution in [-0.4, -0.2) is 22.8 Å². The van der Waals surface area contributed by atoms with Gasteiger partial charge in [0.15, 0.2) is 0 Å². The molecule has 0 spiro atoms. The standard InChI is InChI=1S/C9H10N2O4/c12-5-1-2-6-15-9-4-3-8(7-10-9)11(13)14/h3-5,7H,1-2,6H2. The number of nitrogens with zero attached hydrogens (tertiary/aromatic N) is 2. The summed E-state index contributed by atoms with van der Waals surface area (Å²) >= 11 is 0. The molecule has 0 atom stereocenters. The molecular formula is C9H10N2O4. The number of nitro groups is 1. The van der Waals surface area contributed by atoms with E-state index in [9.17, 15) is 14.9 Å². The van der Waals surface area contributed by atoms with Crippen LogP contribution in [0.2, 0.25) is 0 Å². The summed E-state index contributed by atoms with van der Waals surface area (Å²) in [5.41, 5.74) is -0.0739. The van der Waals surface area contributed by atoms with Crippen LogP contribution in [0.5, 0.6) is 5.88 Å². The van der Waals surface area contributed by atoms with Gasteiger partial charge in [0.1, 0.15) is 12.5 Å². The van der Waals surface area contributed by atoms with E-state index >= 15 is 0 Å². The first kappa shape index (κ1) is 11.1. The summed E-state index contributed by atoms with van der Waals surface area (Å²) in [5, 5.41) is 10.3. The Kier molecular flexibility index (Phi) is 4.21. The lowest BCUT2D eigenvalue weighted by atomic mass is 10.3. The van der Waals surface area contributed by atoms with Crippen molar-refractivity contribution in [2.75, 3.05) is 6.61 Å². The Bertz CT molecular complexity index is 336. The Morgan fingerprint density at radius 3 is 2.87 bits per heavy atom. The zero-order valence-corrected chi connectivity index (χ0v) is 7.96. The molecule has 0 N–H and O–H groups in total. The van der Waals surface area contributed by atoms with Crippen molar-refractivity contribution >= 4 is 12.0 Å². The van der Waals surface area contributed by atoms with Crippen LogP contribution in [0.1, 0.15) is 12.8 Å². The zero-order chi connectivity index (χ0) is 11.1. The Labute approximate surface area is 86.0 Å². The Hall–Kier alpha value is -1.98. The number of carbonyl (C=O) groups excluding carboxylic acids is 1. The summed E-state index contributed by atoms with van der Waals surface area (Å²) in [6, 6.07) is 2.75. The summed E-state index contributed by atoms with van der Waals surface area (Å²) in [4.78, 5) is 23.5. The highest BCUT2D eigenvalue weighted by atomic mass is 16.6. The molecule has 0 fully saturated rings. The topological polar surface area (TPSA) is 82.3 Å². The molecule has 0 aliphatic heterocycles. The molecule has 0 saturated carbocycles. The van der Waals surface area contributed by atoms with E-state index in [0.29, 0.717) is 25.3 Å². The lowest BCUT2D eigenvalue weighted by molar-refractivity contribution is -0.385. The molecule has 0 bridgehead atoms. The third kappa shape index (κ3) is 3.72.